The van der Waals surface area contributed by atoms with Gasteiger partial charge in [-0.3, -0.25) is 14.9 Å². The van der Waals surface area contributed by atoms with Gasteiger partial charge in [-0.1, -0.05) is 30.3 Å². The van der Waals surface area contributed by atoms with Gasteiger partial charge in [-0.2, -0.15) is 0 Å². The second kappa shape index (κ2) is 8.72. The third-order valence-corrected chi connectivity index (χ3v) is 4.89. The molecule has 1 aliphatic carbocycles. The van der Waals surface area contributed by atoms with Crippen LogP contribution in [-0.4, -0.2) is 36.6 Å². The van der Waals surface area contributed by atoms with Gasteiger partial charge in [-0.15, -0.1) is 0 Å². The fraction of sp³-hybridized carbons (Fsp3) is 0.333. The van der Waals surface area contributed by atoms with Crippen molar-refractivity contribution in [3.63, 3.8) is 0 Å². The van der Waals surface area contributed by atoms with Crippen LogP contribution in [0.15, 0.2) is 48.5 Å². The number of nitro benzene ring substituents is 1. The third-order valence-electron chi connectivity index (χ3n) is 4.89. The van der Waals surface area contributed by atoms with Gasteiger partial charge in [-0.05, 0) is 37.5 Å². The summed E-state index contributed by atoms with van der Waals surface area (Å²) in [6.45, 7) is 1.98. The number of nitro groups is 1. The van der Waals surface area contributed by atoms with E-state index in [-0.39, 0.29) is 29.0 Å². The molecule has 2 aromatic rings. The molecule has 1 N–H and O–H groups in total. The van der Waals surface area contributed by atoms with Crippen LogP contribution in [0.5, 0.6) is 5.75 Å². The molecule has 8 heteroatoms. The van der Waals surface area contributed by atoms with Gasteiger partial charge in [0.15, 0.2) is 12.4 Å². The minimum Gasteiger partial charge on any atom is -0.487 e. The number of nitrogens with zero attached hydrogens (tertiary/aromatic N) is 1. The molecule has 0 aliphatic heterocycles. The van der Waals surface area contributed by atoms with Gasteiger partial charge in [0.25, 0.3) is 5.91 Å². The number of rotatable bonds is 9. The molecule has 0 spiro atoms. The maximum atomic E-state index is 12.2. The molecule has 0 unspecified atom stereocenters. The first-order valence-corrected chi connectivity index (χ1v) is 9.36. The highest BCUT2D eigenvalue weighted by Gasteiger charge is 2.44. The van der Waals surface area contributed by atoms with E-state index in [1.807, 2.05) is 30.3 Å². The summed E-state index contributed by atoms with van der Waals surface area (Å²) in [7, 11) is 0. The van der Waals surface area contributed by atoms with Crippen LogP contribution < -0.4 is 10.1 Å². The first-order chi connectivity index (χ1) is 13.9. The van der Waals surface area contributed by atoms with E-state index in [0.29, 0.717) is 6.54 Å². The molecule has 0 saturated heterocycles. The van der Waals surface area contributed by atoms with E-state index in [4.69, 9.17) is 9.47 Å². The first kappa shape index (κ1) is 20.3. The number of amides is 1. The molecule has 1 saturated carbocycles. The van der Waals surface area contributed by atoms with Gasteiger partial charge in [0, 0.05) is 18.0 Å². The van der Waals surface area contributed by atoms with Crippen molar-refractivity contribution in [1.29, 1.82) is 0 Å². The summed E-state index contributed by atoms with van der Waals surface area (Å²) in [6.07, 6.45) is 1.99. The van der Waals surface area contributed by atoms with E-state index in [2.05, 4.69) is 5.32 Å². The molecule has 1 amide bonds. The second-order valence-corrected chi connectivity index (χ2v) is 6.87. The number of nitrogens with one attached hydrogen (secondary N) is 1. The first-order valence-electron chi connectivity index (χ1n) is 9.36. The highest BCUT2D eigenvalue weighted by atomic mass is 16.6. The van der Waals surface area contributed by atoms with Crippen LogP contribution in [0.4, 0.5) is 5.69 Å². The van der Waals surface area contributed by atoms with Crippen LogP contribution in [0.2, 0.25) is 0 Å². The summed E-state index contributed by atoms with van der Waals surface area (Å²) in [5, 5.41) is 14.0. The Morgan fingerprint density at radius 3 is 2.52 bits per heavy atom. The van der Waals surface area contributed by atoms with Crippen LogP contribution >= 0.6 is 0 Å². The standard InChI is InChI=1S/C21H22N2O6/c1-2-28-18-9-8-15(12-17(18)23(26)27)20(25)29-13-19(24)22-14-21(10-11-21)16-6-4-3-5-7-16/h3-9,12H,2,10-11,13-14H2,1H3,(H,22,24). The number of carbonyl (C=O) groups excluding carboxylic acids is 2. The van der Waals surface area contributed by atoms with Crippen LogP contribution in [0.1, 0.15) is 35.7 Å². The van der Waals surface area contributed by atoms with E-state index in [0.717, 1.165) is 18.9 Å². The maximum absolute atomic E-state index is 12.2. The minimum absolute atomic E-state index is 0.0177. The molecule has 0 heterocycles. The number of hydrogen-bond acceptors (Lipinski definition) is 6. The average molecular weight is 398 g/mol. The number of esters is 1. The van der Waals surface area contributed by atoms with E-state index in [1.54, 1.807) is 6.92 Å². The molecular formula is C21H22N2O6. The zero-order valence-electron chi connectivity index (χ0n) is 16.1. The molecule has 29 heavy (non-hydrogen) atoms. The van der Waals surface area contributed by atoms with Crippen LogP contribution in [-0.2, 0) is 14.9 Å². The largest absolute Gasteiger partial charge is 0.487 e. The molecule has 3 rings (SSSR count). The van der Waals surface area contributed by atoms with Crippen LogP contribution in [0, 0.1) is 10.1 Å². The summed E-state index contributed by atoms with van der Waals surface area (Å²) >= 11 is 0. The molecule has 8 nitrogen and oxygen atoms in total. The Morgan fingerprint density at radius 1 is 1.17 bits per heavy atom. The summed E-state index contributed by atoms with van der Waals surface area (Å²) in [5.74, 6) is -1.15. The predicted molar refractivity (Wildman–Crippen MR) is 105 cm³/mol. The lowest BCUT2D eigenvalue weighted by Gasteiger charge is -2.16. The third kappa shape index (κ3) is 4.90. The number of benzene rings is 2. The SMILES string of the molecule is CCOc1ccc(C(=O)OCC(=O)NCC2(c3ccccc3)CC2)cc1[N+](=O)[O-]. The van der Waals surface area contributed by atoms with Crippen LogP contribution in [0.25, 0.3) is 0 Å². The predicted octanol–water partition coefficient (Wildman–Crippen LogP) is 3.00. The summed E-state index contributed by atoms with van der Waals surface area (Å²) in [4.78, 5) is 34.8. The smallest absolute Gasteiger partial charge is 0.338 e. The van der Waals surface area contributed by atoms with Crippen molar-refractivity contribution in [1.82, 2.24) is 5.32 Å². The Kier molecular flexibility index (Phi) is 6.11. The molecule has 1 aliphatic rings. The topological polar surface area (TPSA) is 108 Å². The fourth-order valence-electron chi connectivity index (χ4n) is 3.11. The van der Waals surface area contributed by atoms with E-state index in [1.165, 1.54) is 17.7 Å². The summed E-state index contributed by atoms with van der Waals surface area (Å²) in [6, 6.07) is 13.8. The monoisotopic (exact) mass is 398 g/mol. The highest BCUT2D eigenvalue weighted by molar-refractivity contribution is 5.92. The lowest BCUT2D eigenvalue weighted by Crippen LogP contribution is -2.35. The van der Waals surface area contributed by atoms with Gasteiger partial charge in [0.2, 0.25) is 0 Å². The molecule has 2 aromatic carbocycles. The molecule has 0 bridgehead atoms. The normalized spacial score (nSPS) is 14.0. The van der Waals surface area contributed by atoms with E-state index in [9.17, 15) is 19.7 Å². The molecule has 0 radical (unpaired) electrons. The zero-order chi connectivity index (χ0) is 20.9. The van der Waals surface area contributed by atoms with Crippen molar-refractivity contribution in [2.24, 2.45) is 0 Å². The molecule has 152 valence electrons. The highest BCUT2D eigenvalue weighted by Crippen LogP contribution is 2.47. The number of hydrogen-bond donors (Lipinski definition) is 1. The Morgan fingerprint density at radius 2 is 1.90 bits per heavy atom. The van der Waals surface area contributed by atoms with Crippen LogP contribution in [0.3, 0.4) is 0 Å². The number of carbonyl (C=O) groups is 2. The summed E-state index contributed by atoms with van der Waals surface area (Å²) < 4.78 is 10.2. The lowest BCUT2D eigenvalue weighted by molar-refractivity contribution is -0.385. The average Bonchev–Trinajstić information content (AvgIpc) is 3.53. The lowest BCUT2D eigenvalue weighted by atomic mass is 9.96. The van der Waals surface area contributed by atoms with E-state index < -0.39 is 23.4 Å². The van der Waals surface area contributed by atoms with Gasteiger partial charge in [-0.25, -0.2) is 4.79 Å². The fourth-order valence-corrected chi connectivity index (χ4v) is 3.11. The maximum Gasteiger partial charge on any atom is 0.338 e. The zero-order valence-corrected chi connectivity index (χ0v) is 16.1. The number of ether oxygens (including phenoxy) is 2. The van der Waals surface area contributed by atoms with Crippen molar-refractivity contribution in [3.8, 4) is 5.75 Å². The molecule has 1 fully saturated rings. The van der Waals surface area contributed by atoms with E-state index >= 15 is 0 Å². The van der Waals surface area contributed by atoms with Crippen molar-refractivity contribution in [2.75, 3.05) is 19.8 Å². The van der Waals surface area contributed by atoms with Crippen molar-refractivity contribution in [3.05, 3.63) is 69.8 Å². The Bertz CT molecular complexity index is 909. The quantitative estimate of drug-likeness (QED) is 0.395. The van der Waals surface area contributed by atoms with Gasteiger partial charge in [0.05, 0.1) is 17.1 Å². The molecular weight excluding hydrogens is 376 g/mol. The van der Waals surface area contributed by atoms with Gasteiger partial charge < -0.3 is 14.8 Å². The second-order valence-electron chi connectivity index (χ2n) is 6.87. The Balaban J connectivity index is 1.53. The summed E-state index contributed by atoms with van der Waals surface area (Å²) in [5.41, 5.74) is 0.788. The van der Waals surface area contributed by atoms with Crippen molar-refractivity contribution >= 4 is 17.6 Å². The Labute approximate surface area is 168 Å². The molecule has 0 atom stereocenters. The van der Waals surface area contributed by atoms with Crippen molar-refractivity contribution < 1.29 is 24.0 Å². The minimum atomic E-state index is -0.810. The van der Waals surface area contributed by atoms with Gasteiger partial charge in [0.1, 0.15) is 0 Å². The van der Waals surface area contributed by atoms with Crippen molar-refractivity contribution in [2.45, 2.75) is 25.2 Å². The van der Waals surface area contributed by atoms with Gasteiger partial charge >= 0.3 is 11.7 Å². The Hall–Kier alpha value is -3.42. The molecule has 0 aromatic heterocycles.